The first kappa shape index (κ1) is 18.8. The zero-order chi connectivity index (χ0) is 15.6. The summed E-state index contributed by atoms with van der Waals surface area (Å²) in [6, 6.07) is 3.47. The highest BCUT2D eigenvalue weighted by Gasteiger charge is 2.29. The van der Waals surface area contributed by atoms with Crippen LogP contribution in [-0.2, 0) is 14.8 Å². The molecule has 0 spiro atoms. The van der Waals surface area contributed by atoms with Crippen molar-refractivity contribution in [3.8, 4) is 0 Å². The van der Waals surface area contributed by atoms with E-state index in [1.54, 1.807) is 0 Å². The number of nitrogens with one attached hydrogen (secondary N) is 2. The summed E-state index contributed by atoms with van der Waals surface area (Å²) in [5.74, 6) is -1.13. The number of anilines is 1. The minimum absolute atomic E-state index is 0. The van der Waals surface area contributed by atoms with Gasteiger partial charge >= 0.3 is 0 Å². The molecule has 0 aromatic heterocycles. The number of piperazine rings is 1. The Morgan fingerprint density at radius 2 is 2.14 bits per heavy atom. The van der Waals surface area contributed by atoms with E-state index in [0.717, 1.165) is 12.1 Å². The van der Waals surface area contributed by atoms with E-state index in [9.17, 15) is 17.6 Å². The molecule has 1 atom stereocenters. The van der Waals surface area contributed by atoms with Gasteiger partial charge in [-0.2, -0.15) is 4.31 Å². The van der Waals surface area contributed by atoms with Crippen molar-refractivity contribution >= 4 is 34.0 Å². The standard InChI is InChI=1S/C13H18FN3O3S.ClH/c1-9-8-17(6-5-15-9)21(19,20)11-3-4-12(14)13(7-11)16-10(2)18;/h3-4,7,9,15H,5-6,8H2,1-2H3,(H,16,18);1H. The molecule has 124 valence electrons. The van der Waals surface area contributed by atoms with E-state index in [1.165, 1.54) is 17.3 Å². The van der Waals surface area contributed by atoms with Crippen molar-refractivity contribution in [2.24, 2.45) is 0 Å². The predicted molar refractivity (Wildman–Crippen MR) is 84.2 cm³/mol. The number of carbonyl (C=O) groups is 1. The van der Waals surface area contributed by atoms with Crippen molar-refractivity contribution in [2.45, 2.75) is 24.8 Å². The highest BCUT2D eigenvalue weighted by molar-refractivity contribution is 7.89. The van der Waals surface area contributed by atoms with Crippen LogP contribution >= 0.6 is 12.4 Å². The third-order valence-electron chi connectivity index (χ3n) is 3.22. The van der Waals surface area contributed by atoms with Crippen LogP contribution in [0.2, 0.25) is 0 Å². The lowest BCUT2D eigenvalue weighted by Crippen LogP contribution is -2.51. The molecule has 1 fully saturated rings. The zero-order valence-electron chi connectivity index (χ0n) is 12.3. The molecule has 1 heterocycles. The van der Waals surface area contributed by atoms with Gasteiger partial charge < -0.3 is 10.6 Å². The van der Waals surface area contributed by atoms with Gasteiger partial charge in [-0.3, -0.25) is 4.79 Å². The van der Waals surface area contributed by atoms with E-state index < -0.39 is 21.7 Å². The fourth-order valence-electron chi connectivity index (χ4n) is 2.21. The molecule has 2 rings (SSSR count). The van der Waals surface area contributed by atoms with Crippen molar-refractivity contribution in [3.63, 3.8) is 0 Å². The van der Waals surface area contributed by atoms with Gasteiger partial charge in [-0.05, 0) is 25.1 Å². The van der Waals surface area contributed by atoms with E-state index in [1.807, 2.05) is 6.92 Å². The lowest BCUT2D eigenvalue weighted by molar-refractivity contribution is -0.114. The summed E-state index contributed by atoms with van der Waals surface area (Å²) >= 11 is 0. The van der Waals surface area contributed by atoms with Gasteiger partial charge in [0.1, 0.15) is 5.82 Å². The largest absolute Gasteiger partial charge is 0.324 e. The maximum Gasteiger partial charge on any atom is 0.243 e. The molecule has 0 saturated carbocycles. The van der Waals surface area contributed by atoms with E-state index in [2.05, 4.69) is 10.6 Å². The Hall–Kier alpha value is -1.22. The van der Waals surface area contributed by atoms with E-state index in [0.29, 0.717) is 19.6 Å². The molecule has 1 saturated heterocycles. The summed E-state index contributed by atoms with van der Waals surface area (Å²) in [7, 11) is -3.69. The Balaban J connectivity index is 0.00000242. The number of halogens is 2. The normalized spacial score (nSPS) is 19.3. The van der Waals surface area contributed by atoms with Crippen LogP contribution in [0.15, 0.2) is 23.1 Å². The second-order valence-corrected chi connectivity index (χ2v) is 6.98. The van der Waals surface area contributed by atoms with Crippen LogP contribution in [0.4, 0.5) is 10.1 Å². The third-order valence-corrected chi connectivity index (χ3v) is 5.08. The molecular formula is C13H19ClFN3O3S. The Morgan fingerprint density at radius 1 is 1.45 bits per heavy atom. The molecule has 22 heavy (non-hydrogen) atoms. The average molecular weight is 352 g/mol. The Bertz CT molecular complexity index is 654. The number of amides is 1. The number of hydrogen-bond donors (Lipinski definition) is 2. The van der Waals surface area contributed by atoms with Gasteiger partial charge in [0.05, 0.1) is 10.6 Å². The molecule has 0 bridgehead atoms. The van der Waals surface area contributed by atoms with Gasteiger partial charge in [-0.25, -0.2) is 12.8 Å². The summed E-state index contributed by atoms with van der Waals surface area (Å²) < 4.78 is 40.0. The molecule has 1 unspecified atom stereocenters. The van der Waals surface area contributed by atoms with E-state index in [-0.39, 0.29) is 29.0 Å². The van der Waals surface area contributed by atoms with Gasteiger partial charge in [0.2, 0.25) is 15.9 Å². The van der Waals surface area contributed by atoms with Gasteiger partial charge in [0, 0.05) is 32.6 Å². The summed E-state index contributed by atoms with van der Waals surface area (Å²) in [6.07, 6.45) is 0. The van der Waals surface area contributed by atoms with Crippen molar-refractivity contribution in [2.75, 3.05) is 25.0 Å². The summed E-state index contributed by atoms with van der Waals surface area (Å²) in [5, 5.41) is 5.45. The molecule has 1 amide bonds. The Kier molecular flexibility index (Phi) is 6.30. The van der Waals surface area contributed by atoms with Crippen LogP contribution in [0.25, 0.3) is 0 Å². The van der Waals surface area contributed by atoms with Crippen LogP contribution in [0.3, 0.4) is 0 Å². The number of hydrogen-bond acceptors (Lipinski definition) is 4. The Labute approximate surface area is 135 Å². The highest BCUT2D eigenvalue weighted by atomic mass is 35.5. The maximum atomic E-state index is 13.6. The average Bonchev–Trinajstić information content (AvgIpc) is 2.40. The smallest absolute Gasteiger partial charge is 0.243 e. The second-order valence-electron chi connectivity index (χ2n) is 5.04. The van der Waals surface area contributed by atoms with E-state index in [4.69, 9.17) is 0 Å². The van der Waals surface area contributed by atoms with Gasteiger partial charge in [-0.15, -0.1) is 12.4 Å². The van der Waals surface area contributed by atoms with Gasteiger partial charge in [-0.1, -0.05) is 0 Å². The predicted octanol–water partition coefficient (Wildman–Crippen LogP) is 1.19. The van der Waals surface area contributed by atoms with Crippen LogP contribution in [0, 0.1) is 5.82 Å². The maximum absolute atomic E-state index is 13.6. The minimum atomic E-state index is -3.69. The molecule has 1 aromatic carbocycles. The van der Waals surface area contributed by atoms with Gasteiger partial charge in [0.15, 0.2) is 0 Å². The molecular weight excluding hydrogens is 333 g/mol. The molecule has 0 aliphatic carbocycles. The van der Waals surface area contributed by atoms with Crippen LogP contribution < -0.4 is 10.6 Å². The first-order valence-corrected chi connectivity index (χ1v) is 8.05. The second kappa shape index (κ2) is 7.36. The highest BCUT2D eigenvalue weighted by Crippen LogP contribution is 2.23. The monoisotopic (exact) mass is 351 g/mol. The van der Waals surface area contributed by atoms with Crippen LogP contribution in [0.5, 0.6) is 0 Å². The van der Waals surface area contributed by atoms with Crippen molar-refractivity contribution in [1.82, 2.24) is 9.62 Å². The van der Waals surface area contributed by atoms with Crippen LogP contribution in [0.1, 0.15) is 13.8 Å². The number of carbonyl (C=O) groups excluding carboxylic acids is 1. The molecule has 6 nitrogen and oxygen atoms in total. The molecule has 9 heteroatoms. The molecule has 1 aromatic rings. The lowest BCUT2D eigenvalue weighted by Gasteiger charge is -2.31. The van der Waals surface area contributed by atoms with Crippen molar-refractivity contribution < 1.29 is 17.6 Å². The van der Waals surface area contributed by atoms with E-state index >= 15 is 0 Å². The number of nitrogens with zero attached hydrogens (tertiary/aromatic N) is 1. The first-order valence-electron chi connectivity index (χ1n) is 6.61. The minimum Gasteiger partial charge on any atom is -0.324 e. The first-order chi connectivity index (χ1) is 9.80. The molecule has 0 radical (unpaired) electrons. The number of sulfonamides is 1. The molecule has 1 aliphatic heterocycles. The fraction of sp³-hybridized carbons (Fsp3) is 0.462. The SMILES string of the molecule is CC(=O)Nc1cc(S(=O)(=O)N2CCNC(C)C2)ccc1F.Cl. The van der Waals surface area contributed by atoms with Gasteiger partial charge in [0.25, 0.3) is 0 Å². The number of benzene rings is 1. The lowest BCUT2D eigenvalue weighted by atomic mass is 10.3. The Morgan fingerprint density at radius 3 is 2.73 bits per heavy atom. The third kappa shape index (κ3) is 4.16. The van der Waals surface area contributed by atoms with Crippen molar-refractivity contribution in [1.29, 1.82) is 0 Å². The quantitative estimate of drug-likeness (QED) is 0.857. The zero-order valence-corrected chi connectivity index (χ0v) is 13.9. The molecule has 2 N–H and O–H groups in total. The van der Waals surface area contributed by atoms with Crippen LogP contribution in [-0.4, -0.2) is 44.3 Å². The summed E-state index contributed by atoms with van der Waals surface area (Å²) in [4.78, 5) is 11.0. The summed E-state index contributed by atoms with van der Waals surface area (Å²) in [5.41, 5.74) is -0.133. The molecule has 1 aliphatic rings. The topological polar surface area (TPSA) is 78.5 Å². The fourth-order valence-corrected chi connectivity index (χ4v) is 3.77. The summed E-state index contributed by atoms with van der Waals surface area (Å²) in [6.45, 7) is 4.42. The number of rotatable bonds is 3. The van der Waals surface area contributed by atoms with Crippen molar-refractivity contribution in [3.05, 3.63) is 24.0 Å².